The van der Waals surface area contributed by atoms with Crippen LogP contribution in [0.2, 0.25) is 0 Å². The van der Waals surface area contributed by atoms with Gasteiger partial charge >= 0.3 is 0 Å². The van der Waals surface area contributed by atoms with Gasteiger partial charge < -0.3 is 4.74 Å². The first-order chi connectivity index (χ1) is 7.83. The first-order valence-corrected chi connectivity index (χ1v) is 5.41. The van der Waals surface area contributed by atoms with Gasteiger partial charge in [-0.2, -0.15) is 0 Å². The van der Waals surface area contributed by atoms with Crippen molar-refractivity contribution < 1.29 is 4.74 Å². The lowest BCUT2D eigenvalue weighted by Crippen LogP contribution is -1.85. The number of hydrogen-bond donors (Lipinski definition) is 0. The average molecular weight is 213 g/mol. The van der Waals surface area contributed by atoms with Gasteiger partial charge in [0.1, 0.15) is 5.75 Å². The van der Waals surface area contributed by atoms with Crippen LogP contribution in [0.3, 0.4) is 0 Å². The summed E-state index contributed by atoms with van der Waals surface area (Å²) in [5, 5.41) is 2.40. The Kier molecular flexibility index (Phi) is 3.20. The largest absolute Gasteiger partial charge is 0.497 e. The van der Waals surface area contributed by atoms with Gasteiger partial charge in [-0.05, 0) is 41.5 Å². The van der Waals surface area contributed by atoms with Crippen molar-refractivity contribution in [3.05, 3.63) is 42.0 Å². The Morgan fingerprint density at radius 1 is 1.12 bits per heavy atom. The van der Waals surface area contributed by atoms with Crippen molar-refractivity contribution in [2.75, 3.05) is 13.7 Å². The zero-order chi connectivity index (χ0) is 11.4. The molecule has 0 saturated carbocycles. The summed E-state index contributed by atoms with van der Waals surface area (Å²) < 4.78 is 5.19. The van der Waals surface area contributed by atoms with E-state index in [9.17, 15) is 0 Å². The quantitative estimate of drug-likeness (QED) is 0.717. The van der Waals surface area contributed by atoms with Crippen molar-refractivity contribution in [2.45, 2.75) is 6.92 Å². The van der Waals surface area contributed by atoms with Crippen LogP contribution in [0.1, 0.15) is 12.5 Å². The number of methoxy groups -OCH3 is 1. The van der Waals surface area contributed by atoms with Crippen molar-refractivity contribution in [3.8, 4) is 5.75 Å². The molecule has 0 heterocycles. The molecule has 0 aliphatic heterocycles. The van der Waals surface area contributed by atoms with Crippen LogP contribution in [0.25, 0.3) is 10.8 Å². The molecule has 2 aromatic carbocycles. The van der Waals surface area contributed by atoms with E-state index in [1.807, 2.05) is 25.3 Å². The standard InChI is InChI=1S/C14H15NO/c1-3-15-10-11-4-5-13-9-14(16-2)7-6-12(13)8-11/h4-10H,3H2,1-2H3/b15-10+. The molecule has 0 amide bonds. The molecule has 0 fully saturated rings. The van der Waals surface area contributed by atoms with Crippen molar-refractivity contribution in [3.63, 3.8) is 0 Å². The topological polar surface area (TPSA) is 21.6 Å². The second-order valence-electron chi connectivity index (χ2n) is 3.60. The Hall–Kier alpha value is -1.83. The summed E-state index contributed by atoms with van der Waals surface area (Å²) >= 11 is 0. The van der Waals surface area contributed by atoms with E-state index < -0.39 is 0 Å². The molecule has 0 unspecified atom stereocenters. The molecule has 0 N–H and O–H groups in total. The molecule has 2 rings (SSSR count). The number of rotatable bonds is 3. The molecule has 0 aromatic heterocycles. The average Bonchev–Trinajstić information content (AvgIpc) is 2.35. The van der Waals surface area contributed by atoms with E-state index in [-0.39, 0.29) is 0 Å². The van der Waals surface area contributed by atoms with E-state index in [2.05, 4.69) is 29.3 Å². The first kappa shape index (κ1) is 10.7. The number of fused-ring (bicyclic) bond motifs is 1. The number of ether oxygens (including phenoxy) is 1. The highest BCUT2D eigenvalue weighted by Gasteiger charge is 1.97. The van der Waals surface area contributed by atoms with Crippen LogP contribution in [0, 0.1) is 0 Å². The Labute approximate surface area is 95.6 Å². The van der Waals surface area contributed by atoms with Crippen LogP contribution in [0.5, 0.6) is 5.75 Å². The third kappa shape index (κ3) is 2.22. The fourth-order valence-corrected chi connectivity index (χ4v) is 1.65. The maximum atomic E-state index is 5.19. The Balaban J connectivity index is 2.43. The molecule has 0 atom stereocenters. The highest BCUT2D eigenvalue weighted by atomic mass is 16.5. The van der Waals surface area contributed by atoms with Crippen LogP contribution in [0.4, 0.5) is 0 Å². The minimum Gasteiger partial charge on any atom is -0.497 e. The minimum atomic E-state index is 0.820. The zero-order valence-electron chi connectivity index (χ0n) is 9.60. The van der Waals surface area contributed by atoms with E-state index in [1.54, 1.807) is 7.11 Å². The predicted octanol–water partition coefficient (Wildman–Crippen LogP) is 3.29. The molecule has 0 radical (unpaired) electrons. The first-order valence-electron chi connectivity index (χ1n) is 5.41. The van der Waals surface area contributed by atoms with E-state index in [4.69, 9.17) is 4.74 Å². The van der Waals surface area contributed by atoms with Gasteiger partial charge in [0.05, 0.1) is 7.11 Å². The molecule has 0 spiro atoms. The Morgan fingerprint density at radius 3 is 2.62 bits per heavy atom. The summed E-state index contributed by atoms with van der Waals surface area (Å²) in [5.74, 6) is 0.891. The third-order valence-corrected chi connectivity index (χ3v) is 2.49. The zero-order valence-corrected chi connectivity index (χ0v) is 9.60. The van der Waals surface area contributed by atoms with Crippen LogP contribution >= 0.6 is 0 Å². The van der Waals surface area contributed by atoms with E-state index in [0.717, 1.165) is 17.9 Å². The molecule has 2 nitrogen and oxygen atoms in total. The molecule has 0 bridgehead atoms. The number of nitrogens with zero attached hydrogens (tertiary/aromatic N) is 1. The van der Waals surface area contributed by atoms with Gasteiger partial charge in [-0.1, -0.05) is 18.2 Å². The lowest BCUT2D eigenvalue weighted by Gasteiger charge is -2.03. The highest BCUT2D eigenvalue weighted by molar-refractivity contribution is 5.91. The van der Waals surface area contributed by atoms with Gasteiger partial charge in [0, 0.05) is 12.8 Å². The van der Waals surface area contributed by atoms with Gasteiger partial charge in [0.2, 0.25) is 0 Å². The van der Waals surface area contributed by atoms with E-state index >= 15 is 0 Å². The van der Waals surface area contributed by atoms with E-state index in [0.29, 0.717) is 0 Å². The summed E-state index contributed by atoms with van der Waals surface area (Å²) in [5.41, 5.74) is 1.14. The molecule has 2 heteroatoms. The van der Waals surface area contributed by atoms with Crippen molar-refractivity contribution in [1.82, 2.24) is 0 Å². The minimum absolute atomic E-state index is 0.820. The predicted molar refractivity (Wildman–Crippen MR) is 68.6 cm³/mol. The Morgan fingerprint density at radius 2 is 1.88 bits per heavy atom. The lowest BCUT2D eigenvalue weighted by atomic mass is 10.1. The normalized spacial score (nSPS) is 11.1. The SMILES string of the molecule is CC/N=C/c1ccc2cc(OC)ccc2c1. The van der Waals surface area contributed by atoms with E-state index in [1.165, 1.54) is 10.8 Å². The second-order valence-corrected chi connectivity index (χ2v) is 3.60. The van der Waals surface area contributed by atoms with Crippen molar-refractivity contribution in [2.24, 2.45) is 4.99 Å². The summed E-state index contributed by atoms with van der Waals surface area (Å²) in [6.45, 7) is 2.85. The van der Waals surface area contributed by atoms with Crippen LogP contribution in [-0.2, 0) is 0 Å². The molecule has 0 saturated heterocycles. The molecule has 82 valence electrons. The Bertz CT molecular complexity index is 517. The summed E-state index contributed by atoms with van der Waals surface area (Å²) in [4.78, 5) is 4.23. The number of benzene rings is 2. The summed E-state index contributed by atoms with van der Waals surface area (Å²) in [7, 11) is 1.68. The number of aliphatic imine (C=N–C) groups is 1. The number of hydrogen-bond acceptors (Lipinski definition) is 2. The monoisotopic (exact) mass is 213 g/mol. The summed E-state index contributed by atoms with van der Waals surface area (Å²) in [6, 6.07) is 12.4. The smallest absolute Gasteiger partial charge is 0.119 e. The maximum absolute atomic E-state index is 5.19. The molecular weight excluding hydrogens is 198 g/mol. The van der Waals surface area contributed by atoms with Crippen LogP contribution in [0.15, 0.2) is 41.4 Å². The van der Waals surface area contributed by atoms with Gasteiger partial charge in [-0.15, -0.1) is 0 Å². The molecule has 0 aliphatic rings. The van der Waals surface area contributed by atoms with Crippen LogP contribution < -0.4 is 4.74 Å². The maximum Gasteiger partial charge on any atom is 0.119 e. The third-order valence-electron chi connectivity index (χ3n) is 2.49. The highest BCUT2D eigenvalue weighted by Crippen LogP contribution is 2.21. The van der Waals surface area contributed by atoms with Gasteiger partial charge in [0.25, 0.3) is 0 Å². The van der Waals surface area contributed by atoms with Gasteiger partial charge in [0.15, 0.2) is 0 Å². The molecule has 16 heavy (non-hydrogen) atoms. The second kappa shape index (κ2) is 4.79. The molecular formula is C14H15NO. The summed E-state index contributed by atoms with van der Waals surface area (Å²) in [6.07, 6.45) is 1.91. The lowest BCUT2D eigenvalue weighted by molar-refractivity contribution is 0.415. The fourth-order valence-electron chi connectivity index (χ4n) is 1.65. The van der Waals surface area contributed by atoms with Crippen LogP contribution in [-0.4, -0.2) is 19.9 Å². The van der Waals surface area contributed by atoms with Crippen molar-refractivity contribution >= 4 is 17.0 Å². The van der Waals surface area contributed by atoms with Crippen molar-refractivity contribution in [1.29, 1.82) is 0 Å². The van der Waals surface area contributed by atoms with Gasteiger partial charge in [-0.3, -0.25) is 4.99 Å². The fraction of sp³-hybridized carbons (Fsp3) is 0.214. The molecule has 0 aliphatic carbocycles. The van der Waals surface area contributed by atoms with Gasteiger partial charge in [-0.25, -0.2) is 0 Å². The molecule has 2 aromatic rings.